The van der Waals surface area contributed by atoms with E-state index in [1.54, 1.807) is 24.3 Å². The summed E-state index contributed by atoms with van der Waals surface area (Å²) in [6, 6.07) is 10.4. The summed E-state index contributed by atoms with van der Waals surface area (Å²) in [5, 5.41) is 18.2. The summed E-state index contributed by atoms with van der Waals surface area (Å²) in [6.45, 7) is 4.07. The van der Waals surface area contributed by atoms with Gasteiger partial charge < -0.3 is 4.74 Å². The number of hydrogen-bond acceptors (Lipinski definition) is 4. The number of aryl methyl sites for hydroxylation is 1. The van der Waals surface area contributed by atoms with Crippen LogP contribution in [0.1, 0.15) is 36.5 Å². The molecule has 0 saturated carbocycles. The molecule has 0 radical (unpaired) electrons. The zero-order valence-electron chi connectivity index (χ0n) is 13.9. The molecule has 25 heavy (non-hydrogen) atoms. The fourth-order valence-corrected chi connectivity index (χ4v) is 3.06. The van der Waals surface area contributed by atoms with Gasteiger partial charge in [-0.2, -0.15) is 10.5 Å². The van der Waals surface area contributed by atoms with Crippen molar-refractivity contribution in [3.05, 3.63) is 52.6 Å². The largest absolute Gasteiger partial charge is 0.489 e. The average Bonchev–Trinajstić information content (AvgIpc) is 2.61. The summed E-state index contributed by atoms with van der Waals surface area (Å²) >= 11 is 0.970. The lowest BCUT2D eigenvalue weighted by atomic mass is 10.1. The van der Waals surface area contributed by atoms with Crippen molar-refractivity contribution in [3.63, 3.8) is 0 Å². The van der Waals surface area contributed by atoms with Crippen LogP contribution in [0.3, 0.4) is 0 Å². The Labute approximate surface area is 149 Å². The zero-order chi connectivity index (χ0) is 18.4. The number of nitriles is 2. The van der Waals surface area contributed by atoms with Crippen LogP contribution in [0.25, 0.3) is 0 Å². The molecule has 0 aliphatic heterocycles. The van der Waals surface area contributed by atoms with Crippen molar-refractivity contribution >= 4 is 11.8 Å². The van der Waals surface area contributed by atoms with E-state index in [1.807, 2.05) is 26.0 Å². The molecule has 0 atom stereocenters. The molecular formula is C19H16F2N2OS. The maximum Gasteiger partial charge on any atom is 0.185 e. The van der Waals surface area contributed by atoms with Crippen LogP contribution in [0.2, 0.25) is 0 Å². The van der Waals surface area contributed by atoms with Gasteiger partial charge in [0.25, 0.3) is 0 Å². The Morgan fingerprint density at radius 1 is 1.04 bits per heavy atom. The molecule has 2 aromatic rings. The summed E-state index contributed by atoms with van der Waals surface area (Å²) in [5.41, 5.74) is -0.190. The van der Waals surface area contributed by atoms with Gasteiger partial charge in [0.1, 0.15) is 23.3 Å². The van der Waals surface area contributed by atoms with Gasteiger partial charge in [-0.15, -0.1) is 0 Å². The Morgan fingerprint density at radius 3 is 2.20 bits per heavy atom. The minimum absolute atomic E-state index is 0.118. The van der Waals surface area contributed by atoms with E-state index in [9.17, 15) is 8.78 Å². The van der Waals surface area contributed by atoms with Gasteiger partial charge in [-0.25, -0.2) is 8.78 Å². The Hall–Kier alpha value is -2.57. The highest BCUT2D eigenvalue weighted by Crippen LogP contribution is 2.42. The van der Waals surface area contributed by atoms with Crippen molar-refractivity contribution < 1.29 is 13.5 Å². The molecule has 6 heteroatoms. The third-order valence-corrected chi connectivity index (χ3v) is 4.58. The molecule has 3 nitrogen and oxygen atoms in total. The molecule has 0 saturated heterocycles. The van der Waals surface area contributed by atoms with Crippen LogP contribution in [0.4, 0.5) is 8.78 Å². The van der Waals surface area contributed by atoms with Gasteiger partial charge in [-0.05, 0) is 25.5 Å². The Balaban J connectivity index is 2.58. The molecule has 0 N–H and O–H groups in total. The van der Waals surface area contributed by atoms with Gasteiger partial charge in [0.15, 0.2) is 17.4 Å². The van der Waals surface area contributed by atoms with Gasteiger partial charge >= 0.3 is 0 Å². The van der Waals surface area contributed by atoms with E-state index < -0.39 is 22.8 Å². The summed E-state index contributed by atoms with van der Waals surface area (Å²) in [5.74, 6) is -2.24. The molecule has 0 amide bonds. The Bertz CT molecular complexity index is 852. The fourth-order valence-electron chi connectivity index (χ4n) is 2.12. The third-order valence-electron chi connectivity index (χ3n) is 3.50. The zero-order valence-corrected chi connectivity index (χ0v) is 14.7. The number of rotatable bonds is 6. The quantitative estimate of drug-likeness (QED) is 0.654. The SMILES string of the molecule is CCCCOc1c(F)c(C#N)c(C#N)c(F)c1Sc1ccc(C)cc1. The second-order valence-corrected chi connectivity index (χ2v) is 6.46. The lowest BCUT2D eigenvalue weighted by Crippen LogP contribution is -2.06. The molecule has 0 bridgehead atoms. The number of ether oxygens (including phenoxy) is 1. The van der Waals surface area contributed by atoms with E-state index in [0.717, 1.165) is 23.7 Å². The van der Waals surface area contributed by atoms with E-state index in [-0.39, 0.29) is 17.3 Å². The predicted octanol–water partition coefficient (Wildman–Crippen LogP) is 5.35. The molecule has 0 aliphatic carbocycles. The van der Waals surface area contributed by atoms with E-state index in [2.05, 4.69) is 0 Å². The summed E-state index contributed by atoms with van der Waals surface area (Å²) in [6.07, 6.45) is 1.49. The summed E-state index contributed by atoms with van der Waals surface area (Å²) < 4.78 is 34.9. The van der Waals surface area contributed by atoms with E-state index >= 15 is 0 Å². The molecule has 0 spiro atoms. The number of nitrogens with zero attached hydrogens (tertiary/aromatic N) is 2. The van der Waals surface area contributed by atoms with Crippen molar-refractivity contribution in [1.82, 2.24) is 0 Å². The average molecular weight is 358 g/mol. The molecule has 128 valence electrons. The standard InChI is InChI=1S/C19H16F2N2OS/c1-3-4-9-24-18-16(20)14(10-22)15(11-23)17(21)19(18)25-13-7-5-12(2)6-8-13/h5-8H,3-4,9H2,1-2H3. The number of hydrogen-bond donors (Lipinski definition) is 0. The first-order valence-corrected chi connectivity index (χ1v) is 8.57. The lowest BCUT2D eigenvalue weighted by molar-refractivity contribution is 0.283. The summed E-state index contributed by atoms with van der Waals surface area (Å²) in [7, 11) is 0. The van der Waals surface area contributed by atoms with Gasteiger partial charge in [0.2, 0.25) is 0 Å². The fraction of sp³-hybridized carbons (Fsp3) is 0.263. The normalized spacial score (nSPS) is 10.2. The first kappa shape index (κ1) is 18.8. The van der Waals surface area contributed by atoms with Crippen molar-refractivity contribution in [2.75, 3.05) is 6.61 Å². The minimum Gasteiger partial charge on any atom is -0.489 e. The van der Waals surface area contributed by atoms with Gasteiger partial charge in [0.05, 0.1) is 11.5 Å². The Kier molecular flexibility index (Phi) is 6.38. The highest BCUT2D eigenvalue weighted by molar-refractivity contribution is 7.99. The van der Waals surface area contributed by atoms with Gasteiger partial charge in [-0.1, -0.05) is 42.8 Å². The van der Waals surface area contributed by atoms with Crippen LogP contribution in [0.5, 0.6) is 5.75 Å². The van der Waals surface area contributed by atoms with Crippen LogP contribution in [0, 0.1) is 41.2 Å². The monoisotopic (exact) mass is 358 g/mol. The minimum atomic E-state index is -0.994. The molecule has 0 unspecified atom stereocenters. The molecule has 2 rings (SSSR count). The second kappa shape index (κ2) is 8.50. The van der Waals surface area contributed by atoms with Crippen molar-refractivity contribution in [2.45, 2.75) is 36.5 Å². The van der Waals surface area contributed by atoms with Gasteiger partial charge in [-0.3, -0.25) is 0 Å². The van der Waals surface area contributed by atoms with Crippen LogP contribution in [-0.2, 0) is 0 Å². The van der Waals surface area contributed by atoms with Crippen LogP contribution < -0.4 is 4.74 Å². The maximum absolute atomic E-state index is 14.8. The van der Waals surface area contributed by atoms with E-state index in [0.29, 0.717) is 11.3 Å². The number of benzene rings is 2. The predicted molar refractivity (Wildman–Crippen MR) is 91.5 cm³/mol. The molecule has 0 aliphatic rings. The molecule has 2 aromatic carbocycles. The number of halogens is 2. The van der Waals surface area contributed by atoms with Crippen LogP contribution in [0.15, 0.2) is 34.1 Å². The van der Waals surface area contributed by atoms with Crippen LogP contribution in [-0.4, -0.2) is 6.61 Å². The van der Waals surface area contributed by atoms with Crippen molar-refractivity contribution in [2.24, 2.45) is 0 Å². The first-order chi connectivity index (χ1) is 12.0. The highest BCUT2D eigenvalue weighted by Gasteiger charge is 2.26. The maximum atomic E-state index is 14.8. The second-order valence-electron chi connectivity index (χ2n) is 5.38. The number of unbranched alkanes of at least 4 members (excludes halogenated alkanes) is 1. The molecule has 0 fully saturated rings. The third kappa shape index (κ3) is 4.10. The van der Waals surface area contributed by atoms with Crippen LogP contribution >= 0.6 is 11.8 Å². The smallest absolute Gasteiger partial charge is 0.185 e. The lowest BCUT2D eigenvalue weighted by Gasteiger charge is -2.15. The summed E-state index contributed by atoms with van der Waals surface area (Å²) in [4.78, 5) is 0.561. The highest BCUT2D eigenvalue weighted by atomic mass is 32.2. The Morgan fingerprint density at radius 2 is 1.64 bits per heavy atom. The topological polar surface area (TPSA) is 56.8 Å². The molecule has 0 aromatic heterocycles. The van der Waals surface area contributed by atoms with Crippen molar-refractivity contribution in [3.8, 4) is 17.9 Å². The van der Waals surface area contributed by atoms with E-state index in [4.69, 9.17) is 15.3 Å². The molecule has 0 heterocycles. The molecular weight excluding hydrogens is 342 g/mol. The van der Waals surface area contributed by atoms with Gasteiger partial charge in [0, 0.05) is 4.90 Å². The van der Waals surface area contributed by atoms with E-state index in [1.165, 1.54) is 0 Å². The van der Waals surface area contributed by atoms with Crippen molar-refractivity contribution in [1.29, 1.82) is 10.5 Å². The first-order valence-electron chi connectivity index (χ1n) is 7.75.